The number of amides is 1. The molecule has 142 valence electrons. The van der Waals surface area contributed by atoms with Crippen LogP contribution >= 0.6 is 11.6 Å². The minimum absolute atomic E-state index is 0.0118. The van der Waals surface area contributed by atoms with Gasteiger partial charge in [0.2, 0.25) is 0 Å². The zero-order valence-corrected chi connectivity index (χ0v) is 16.0. The first-order valence-electron chi connectivity index (χ1n) is 9.04. The van der Waals surface area contributed by atoms with E-state index in [2.05, 4.69) is 21.2 Å². The molecule has 0 aliphatic carbocycles. The van der Waals surface area contributed by atoms with Crippen molar-refractivity contribution in [2.45, 2.75) is 31.7 Å². The van der Waals surface area contributed by atoms with E-state index in [0.717, 1.165) is 12.8 Å². The van der Waals surface area contributed by atoms with Crippen LogP contribution in [0.1, 0.15) is 47.4 Å². The lowest BCUT2D eigenvalue weighted by Gasteiger charge is -2.37. The molecule has 7 nitrogen and oxygen atoms in total. The maximum Gasteiger partial charge on any atom is 0.274 e. The number of benzene rings is 1. The normalized spacial score (nSPS) is 19.4. The van der Waals surface area contributed by atoms with Crippen LogP contribution in [0.5, 0.6) is 0 Å². The number of aromatic amines is 1. The quantitative estimate of drug-likeness (QED) is 0.722. The second-order valence-electron chi connectivity index (χ2n) is 6.96. The Morgan fingerprint density at radius 1 is 1.39 bits per heavy atom. The van der Waals surface area contributed by atoms with Gasteiger partial charge in [0, 0.05) is 30.3 Å². The van der Waals surface area contributed by atoms with Gasteiger partial charge in [0.25, 0.3) is 11.8 Å². The molecule has 1 N–H and O–H groups in total. The molecular formula is C20H18ClN5O2. The van der Waals surface area contributed by atoms with Crippen molar-refractivity contribution in [3.63, 3.8) is 0 Å². The molecule has 1 fully saturated rings. The molecule has 0 unspecified atom stereocenters. The van der Waals surface area contributed by atoms with E-state index < -0.39 is 0 Å². The van der Waals surface area contributed by atoms with Crippen molar-refractivity contribution in [3.8, 4) is 17.7 Å². The Labute approximate surface area is 166 Å². The first-order chi connectivity index (χ1) is 13.5. The Morgan fingerprint density at radius 2 is 2.25 bits per heavy atom. The summed E-state index contributed by atoms with van der Waals surface area (Å²) in [6.07, 6.45) is 3.36. The molecule has 0 saturated carbocycles. The van der Waals surface area contributed by atoms with Crippen molar-refractivity contribution in [1.29, 1.82) is 5.26 Å². The lowest BCUT2D eigenvalue weighted by molar-refractivity contribution is 0.0604. The summed E-state index contributed by atoms with van der Waals surface area (Å²) in [4.78, 5) is 22.3. The fraction of sp³-hybridized carbons (Fsp3) is 0.300. The fourth-order valence-corrected chi connectivity index (χ4v) is 3.65. The van der Waals surface area contributed by atoms with E-state index in [4.69, 9.17) is 21.4 Å². The van der Waals surface area contributed by atoms with E-state index in [1.54, 1.807) is 36.5 Å². The minimum Gasteiger partial charge on any atom is -0.356 e. The number of H-pyrrole nitrogens is 1. The van der Waals surface area contributed by atoms with Gasteiger partial charge in [-0.1, -0.05) is 22.8 Å². The summed E-state index contributed by atoms with van der Waals surface area (Å²) in [5, 5.41) is 13.8. The van der Waals surface area contributed by atoms with Crippen molar-refractivity contribution >= 4 is 17.5 Å². The molecule has 1 aliphatic rings. The Kier molecular flexibility index (Phi) is 4.88. The maximum atomic E-state index is 13.0. The molecule has 3 heterocycles. The minimum atomic E-state index is -0.0887. The molecule has 3 aromatic rings. The number of rotatable bonds is 3. The van der Waals surface area contributed by atoms with E-state index in [0.29, 0.717) is 40.1 Å². The summed E-state index contributed by atoms with van der Waals surface area (Å²) >= 11 is 5.93. The van der Waals surface area contributed by atoms with Crippen LogP contribution in [0.2, 0.25) is 5.02 Å². The van der Waals surface area contributed by atoms with Crippen molar-refractivity contribution in [1.82, 2.24) is 20.0 Å². The number of nitrogens with one attached hydrogen (secondary N) is 1. The molecule has 1 saturated heterocycles. The standard InChI is InChI=1S/C20H18ClN5O2/c1-12-5-6-15(18-24-19(28-25-18)17-8-16(21)10-23-17)11-26(12)20(27)14-4-2-3-13(7-14)9-22/h2-4,7-8,10,12,15,23H,5-6,11H2,1H3/t12-,15+/m1/s1. The lowest BCUT2D eigenvalue weighted by atomic mass is 9.92. The molecule has 8 heteroatoms. The SMILES string of the molecule is C[C@@H]1CC[C@H](c2noc(-c3cc(Cl)c[nH]3)n2)CN1C(=O)c1cccc(C#N)c1. The van der Waals surface area contributed by atoms with Gasteiger partial charge in [0.15, 0.2) is 5.82 Å². The largest absolute Gasteiger partial charge is 0.356 e. The summed E-state index contributed by atoms with van der Waals surface area (Å²) in [6.45, 7) is 2.53. The van der Waals surface area contributed by atoms with Gasteiger partial charge < -0.3 is 14.4 Å². The highest BCUT2D eigenvalue weighted by molar-refractivity contribution is 6.30. The molecule has 1 aromatic carbocycles. The summed E-state index contributed by atoms with van der Waals surface area (Å²) in [5.41, 5.74) is 1.65. The predicted octanol–water partition coefficient (Wildman–Crippen LogP) is 4.00. The van der Waals surface area contributed by atoms with E-state index in [1.807, 2.05) is 11.8 Å². The van der Waals surface area contributed by atoms with Crippen LogP contribution in [0, 0.1) is 11.3 Å². The van der Waals surface area contributed by atoms with Crippen molar-refractivity contribution in [2.75, 3.05) is 6.54 Å². The smallest absolute Gasteiger partial charge is 0.274 e. The molecule has 1 aliphatic heterocycles. The topological polar surface area (TPSA) is 98.8 Å². The number of carbonyl (C=O) groups is 1. The third-order valence-corrected chi connectivity index (χ3v) is 5.28. The van der Waals surface area contributed by atoms with Crippen molar-refractivity contribution < 1.29 is 9.32 Å². The number of halogens is 1. The van der Waals surface area contributed by atoms with Crippen LogP contribution in [0.3, 0.4) is 0 Å². The number of aromatic nitrogens is 3. The first-order valence-corrected chi connectivity index (χ1v) is 9.42. The van der Waals surface area contributed by atoms with E-state index >= 15 is 0 Å². The molecule has 28 heavy (non-hydrogen) atoms. The molecule has 1 amide bonds. The third kappa shape index (κ3) is 3.51. The van der Waals surface area contributed by atoms with E-state index in [9.17, 15) is 4.79 Å². The molecular weight excluding hydrogens is 378 g/mol. The molecule has 4 rings (SSSR count). The highest BCUT2D eigenvalue weighted by atomic mass is 35.5. The Balaban J connectivity index is 1.54. The zero-order chi connectivity index (χ0) is 19.7. The summed E-state index contributed by atoms with van der Waals surface area (Å²) in [6, 6.07) is 10.7. The van der Waals surface area contributed by atoms with Crippen LogP contribution in [-0.4, -0.2) is 38.5 Å². The van der Waals surface area contributed by atoms with Gasteiger partial charge in [0.1, 0.15) is 5.69 Å². The van der Waals surface area contributed by atoms with Gasteiger partial charge in [-0.3, -0.25) is 4.79 Å². The first kappa shape index (κ1) is 18.3. The molecule has 2 atom stereocenters. The number of hydrogen-bond acceptors (Lipinski definition) is 5. The molecule has 0 spiro atoms. The van der Waals surface area contributed by atoms with Gasteiger partial charge in [-0.15, -0.1) is 0 Å². The van der Waals surface area contributed by atoms with Crippen LogP contribution in [0.25, 0.3) is 11.6 Å². The number of nitrogens with zero attached hydrogens (tertiary/aromatic N) is 4. The Morgan fingerprint density at radius 3 is 3.00 bits per heavy atom. The number of likely N-dealkylation sites (tertiary alicyclic amines) is 1. The van der Waals surface area contributed by atoms with Gasteiger partial charge in [-0.2, -0.15) is 10.2 Å². The highest BCUT2D eigenvalue weighted by Crippen LogP contribution is 2.31. The van der Waals surface area contributed by atoms with Crippen molar-refractivity contribution in [3.05, 3.63) is 58.5 Å². The summed E-state index contributed by atoms with van der Waals surface area (Å²) in [5.74, 6) is 0.854. The predicted molar refractivity (Wildman–Crippen MR) is 103 cm³/mol. The fourth-order valence-electron chi connectivity index (χ4n) is 3.49. The monoisotopic (exact) mass is 395 g/mol. The van der Waals surface area contributed by atoms with Gasteiger partial charge in [0.05, 0.1) is 16.7 Å². The average Bonchev–Trinajstić information content (AvgIpc) is 3.37. The molecule has 0 radical (unpaired) electrons. The summed E-state index contributed by atoms with van der Waals surface area (Å²) in [7, 11) is 0. The van der Waals surface area contributed by atoms with E-state index in [-0.39, 0.29) is 17.9 Å². The second-order valence-corrected chi connectivity index (χ2v) is 7.40. The molecule has 2 aromatic heterocycles. The Hall–Kier alpha value is -3.11. The average molecular weight is 396 g/mol. The maximum absolute atomic E-state index is 13.0. The second kappa shape index (κ2) is 7.49. The Bertz CT molecular complexity index is 1050. The van der Waals surface area contributed by atoms with Crippen LogP contribution < -0.4 is 0 Å². The molecule has 0 bridgehead atoms. The van der Waals surface area contributed by atoms with Gasteiger partial charge in [-0.05, 0) is 44.0 Å². The van der Waals surface area contributed by atoms with E-state index in [1.165, 1.54) is 0 Å². The number of hydrogen-bond donors (Lipinski definition) is 1. The third-order valence-electron chi connectivity index (χ3n) is 5.07. The number of nitriles is 1. The van der Waals surface area contributed by atoms with Crippen LogP contribution in [0.15, 0.2) is 41.1 Å². The van der Waals surface area contributed by atoms with Crippen LogP contribution in [0.4, 0.5) is 0 Å². The zero-order valence-electron chi connectivity index (χ0n) is 15.2. The summed E-state index contributed by atoms with van der Waals surface area (Å²) < 4.78 is 5.36. The number of carbonyl (C=O) groups excluding carboxylic acids is 1. The number of piperidine rings is 1. The van der Waals surface area contributed by atoms with Crippen molar-refractivity contribution in [2.24, 2.45) is 0 Å². The lowest BCUT2D eigenvalue weighted by Crippen LogP contribution is -2.45. The van der Waals surface area contributed by atoms with Gasteiger partial charge in [-0.25, -0.2) is 0 Å². The van der Waals surface area contributed by atoms with Gasteiger partial charge >= 0.3 is 0 Å². The highest BCUT2D eigenvalue weighted by Gasteiger charge is 2.33. The van der Waals surface area contributed by atoms with Crippen LogP contribution in [-0.2, 0) is 0 Å².